The van der Waals surface area contributed by atoms with Gasteiger partial charge in [-0.1, -0.05) is 62.6 Å². The molecule has 0 saturated heterocycles. The van der Waals surface area contributed by atoms with E-state index in [4.69, 9.17) is 0 Å². The van der Waals surface area contributed by atoms with Gasteiger partial charge in [-0.15, -0.1) is 0 Å². The zero-order valence-electron chi connectivity index (χ0n) is 12.6. The van der Waals surface area contributed by atoms with Crippen molar-refractivity contribution in [2.24, 2.45) is 0 Å². The highest BCUT2D eigenvalue weighted by molar-refractivity contribution is 5.79. The van der Waals surface area contributed by atoms with Gasteiger partial charge in [0.1, 0.15) is 5.82 Å². The molecule has 108 valence electrons. The highest BCUT2D eigenvalue weighted by Gasteiger charge is 2.04. The van der Waals surface area contributed by atoms with Crippen LogP contribution in [-0.4, -0.2) is 9.97 Å². The molecule has 0 aliphatic carbocycles. The second kappa shape index (κ2) is 6.57. The van der Waals surface area contributed by atoms with Crippen LogP contribution in [0.25, 0.3) is 22.4 Å². The van der Waals surface area contributed by atoms with Crippen molar-refractivity contribution < 1.29 is 0 Å². The van der Waals surface area contributed by atoms with Crippen LogP contribution < -0.4 is 0 Å². The number of unbranched alkanes of at least 4 members (excludes halogenated alkanes) is 3. The zero-order valence-corrected chi connectivity index (χ0v) is 12.6. The molecule has 2 aromatic carbocycles. The highest BCUT2D eigenvalue weighted by atomic mass is 14.9. The summed E-state index contributed by atoms with van der Waals surface area (Å²) in [5.74, 6) is 0.953. The number of hydrogen-bond donors (Lipinski definition) is 1. The average Bonchev–Trinajstić information content (AvgIpc) is 2.96. The average molecular weight is 278 g/mol. The predicted octanol–water partition coefficient (Wildman–Crippen LogP) is 5.35. The van der Waals surface area contributed by atoms with Crippen LogP contribution in [0.15, 0.2) is 48.5 Å². The molecule has 3 rings (SSSR count). The summed E-state index contributed by atoms with van der Waals surface area (Å²) in [4.78, 5) is 8.02. The largest absolute Gasteiger partial charge is 0.338 e. The van der Waals surface area contributed by atoms with Gasteiger partial charge in [0.05, 0.1) is 11.0 Å². The lowest BCUT2D eigenvalue weighted by atomic mass is 10.0. The number of aryl methyl sites for hydroxylation is 1. The van der Waals surface area contributed by atoms with Crippen LogP contribution in [0.5, 0.6) is 0 Å². The lowest BCUT2D eigenvalue weighted by Gasteiger charge is -2.02. The van der Waals surface area contributed by atoms with Gasteiger partial charge in [0, 0.05) is 5.56 Å². The molecule has 0 unspecified atom stereocenters. The smallest absolute Gasteiger partial charge is 0.138 e. The number of benzene rings is 2. The molecule has 3 aromatic rings. The second-order valence-corrected chi connectivity index (χ2v) is 5.61. The van der Waals surface area contributed by atoms with E-state index in [0.29, 0.717) is 0 Å². The van der Waals surface area contributed by atoms with Gasteiger partial charge >= 0.3 is 0 Å². The maximum Gasteiger partial charge on any atom is 0.138 e. The maximum absolute atomic E-state index is 4.64. The van der Waals surface area contributed by atoms with Gasteiger partial charge < -0.3 is 4.98 Å². The molecule has 0 bridgehead atoms. The zero-order chi connectivity index (χ0) is 14.5. The van der Waals surface area contributed by atoms with Crippen molar-refractivity contribution in [1.29, 1.82) is 0 Å². The van der Waals surface area contributed by atoms with Gasteiger partial charge in [-0.2, -0.15) is 0 Å². The Kier molecular flexibility index (Phi) is 4.34. The summed E-state index contributed by atoms with van der Waals surface area (Å²) in [5, 5.41) is 0. The lowest BCUT2D eigenvalue weighted by Crippen LogP contribution is -1.87. The Morgan fingerprint density at radius 2 is 1.71 bits per heavy atom. The summed E-state index contributed by atoms with van der Waals surface area (Å²) in [7, 11) is 0. The Balaban J connectivity index is 1.71. The summed E-state index contributed by atoms with van der Waals surface area (Å²) in [6, 6.07) is 17.0. The number of aromatic nitrogens is 2. The summed E-state index contributed by atoms with van der Waals surface area (Å²) >= 11 is 0. The van der Waals surface area contributed by atoms with E-state index < -0.39 is 0 Å². The summed E-state index contributed by atoms with van der Waals surface area (Å²) in [6.45, 7) is 2.25. The number of nitrogens with zero attached hydrogens (tertiary/aromatic N) is 1. The Morgan fingerprint density at radius 3 is 2.48 bits per heavy atom. The molecule has 21 heavy (non-hydrogen) atoms. The number of imidazole rings is 1. The van der Waals surface area contributed by atoms with Gasteiger partial charge in [0.2, 0.25) is 0 Å². The van der Waals surface area contributed by atoms with E-state index in [2.05, 4.69) is 47.2 Å². The molecule has 0 aliphatic heterocycles. The quantitative estimate of drug-likeness (QED) is 0.605. The molecule has 1 N–H and O–H groups in total. The van der Waals surface area contributed by atoms with Gasteiger partial charge in [0.15, 0.2) is 0 Å². The minimum Gasteiger partial charge on any atom is -0.338 e. The molecule has 0 aliphatic rings. The van der Waals surface area contributed by atoms with E-state index >= 15 is 0 Å². The normalized spacial score (nSPS) is 11.1. The van der Waals surface area contributed by atoms with E-state index in [-0.39, 0.29) is 0 Å². The van der Waals surface area contributed by atoms with Crippen molar-refractivity contribution in [3.63, 3.8) is 0 Å². The van der Waals surface area contributed by atoms with E-state index in [1.54, 1.807) is 0 Å². The van der Waals surface area contributed by atoms with Crippen molar-refractivity contribution in [3.8, 4) is 11.4 Å². The van der Waals surface area contributed by atoms with Gasteiger partial charge in [-0.25, -0.2) is 4.98 Å². The molecule has 0 amide bonds. The first-order chi connectivity index (χ1) is 10.4. The third-order valence-corrected chi connectivity index (χ3v) is 3.94. The van der Waals surface area contributed by atoms with Crippen LogP contribution in [0.3, 0.4) is 0 Å². The summed E-state index contributed by atoms with van der Waals surface area (Å²) in [6.07, 6.45) is 6.45. The first kappa shape index (κ1) is 13.9. The third kappa shape index (κ3) is 3.33. The number of para-hydroxylation sites is 2. The third-order valence-electron chi connectivity index (χ3n) is 3.94. The molecule has 1 heterocycles. The first-order valence-electron chi connectivity index (χ1n) is 7.91. The Labute approximate surface area is 126 Å². The summed E-state index contributed by atoms with van der Waals surface area (Å²) in [5.41, 5.74) is 4.70. The number of aromatic amines is 1. The van der Waals surface area contributed by atoms with Crippen LogP contribution in [0.1, 0.15) is 38.2 Å². The number of H-pyrrole nitrogens is 1. The fraction of sp³-hybridized carbons (Fsp3) is 0.316. The van der Waals surface area contributed by atoms with Gasteiger partial charge in [0.25, 0.3) is 0 Å². The van der Waals surface area contributed by atoms with Crippen LogP contribution in [0.2, 0.25) is 0 Å². The van der Waals surface area contributed by atoms with Gasteiger partial charge in [-0.3, -0.25) is 0 Å². The van der Waals surface area contributed by atoms with Crippen molar-refractivity contribution in [1.82, 2.24) is 9.97 Å². The fourth-order valence-corrected chi connectivity index (χ4v) is 2.67. The molecule has 2 heteroatoms. The van der Waals surface area contributed by atoms with Crippen LogP contribution >= 0.6 is 0 Å². The number of nitrogens with one attached hydrogen (secondary N) is 1. The van der Waals surface area contributed by atoms with Crippen LogP contribution in [-0.2, 0) is 6.42 Å². The molecule has 2 nitrogen and oxygen atoms in total. The van der Waals surface area contributed by atoms with E-state index in [1.807, 2.05) is 18.2 Å². The van der Waals surface area contributed by atoms with Crippen LogP contribution in [0, 0.1) is 0 Å². The van der Waals surface area contributed by atoms with Crippen LogP contribution in [0.4, 0.5) is 0 Å². The van der Waals surface area contributed by atoms with E-state index in [1.165, 1.54) is 37.7 Å². The molecule has 0 saturated carbocycles. The molecular formula is C19H22N2. The topological polar surface area (TPSA) is 28.7 Å². The fourth-order valence-electron chi connectivity index (χ4n) is 2.67. The predicted molar refractivity (Wildman–Crippen MR) is 89.4 cm³/mol. The minimum absolute atomic E-state index is 0.953. The monoisotopic (exact) mass is 278 g/mol. The molecule has 0 fully saturated rings. The van der Waals surface area contributed by atoms with Crippen molar-refractivity contribution >= 4 is 11.0 Å². The maximum atomic E-state index is 4.64. The minimum atomic E-state index is 0.953. The standard InChI is InChI=1S/C19H22N2/c1-2-3-4-5-8-15-11-13-16(14-12-15)19-20-17-9-6-7-10-18(17)21-19/h6-7,9-14H,2-5,8H2,1H3,(H,20,21). The molecule has 0 radical (unpaired) electrons. The Hall–Kier alpha value is -2.09. The van der Waals surface area contributed by atoms with Crippen molar-refractivity contribution in [3.05, 3.63) is 54.1 Å². The molecule has 0 atom stereocenters. The lowest BCUT2D eigenvalue weighted by molar-refractivity contribution is 0.667. The number of hydrogen-bond acceptors (Lipinski definition) is 1. The van der Waals surface area contributed by atoms with Crippen molar-refractivity contribution in [2.75, 3.05) is 0 Å². The first-order valence-corrected chi connectivity index (χ1v) is 7.91. The Bertz CT molecular complexity index is 662. The SMILES string of the molecule is CCCCCCc1ccc(-c2nc3ccccc3[nH]2)cc1. The molecular weight excluding hydrogens is 256 g/mol. The van der Waals surface area contributed by atoms with Crippen molar-refractivity contribution in [2.45, 2.75) is 39.0 Å². The highest BCUT2D eigenvalue weighted by Crippen LogP contribution is 2.21. The number of rotatable bonds is 6. The Morgan fingerprint density at radius 1 is 0.905 bits per heavy atom. The molecule has 1 aromatic heterocycles. The van der Waals surface area contributed by atoms with E-state index in [9.17, 15) is 0 Å². The van der Waals surface area contributed by atoms with E-state index in [0.717, 1.165) is 22.4 Å². The summed E-state index contributed by atoms with van der Waals surface area (Å²) < 4.78 is 0. The second-order valence-electron chi connectivity index (χ2n) is 5.61. The van der Waals surface area contributed by atoms with Gasteiger partial charge in [-0.05, 0) is 30.5 Å². The molecule has 0 spiro atoms. The number of fused-ring (bicyclic) bond motifs is 1.